The maximum Gasteiger partial charge on any atom is 0.333 e. The minimum Gasteiger partial charge on any atom is -0.467 e. The third-order valence-corrected chi connectivity index (χ3v) is 3.42. The molecule has 17 heavy (non-hydrogen) atoms. The summed E-state index contributed by atoms with van der Waals surface area (Å²) in [7, 11) is 1.39. The van der Waals surface area contributed by atoms with Crippen molar-refractivity contribution in [2.24, 2.45) is 0 Å². The fraction of sp³-hybridized carbons (Fsp3) is 0.583. The summed E-state index contributed by atoms with van der Waals surface area (Å²) in [5, 5.41) is 4.14. The molecular weight excluding hydrogens is 220 g/mol. The number of rotatable bonds is 3. The normalized spacial score (nSPS) is 18.6. The lowest BCUT2D eigenvalue weighted by atomic mass is 9.82. The van der Waals surface area contributed by atoms with Gasteiger partial charge in [-0.1, -0.05) is 19.3 Å². The number of carbonyl (C=O) groups is 2. The summed E-state index contributed by atoms with van der Waals surface area (Å²) in [5.41, 5.74) is -0.368. The second-order valence-corrected chi connectivity index (χ2v) is 4.39. The zero-order valence-corrected chi connectivity index (χ0v) is 9.89. The predicted molar refractivity (Wildman–Crippen MR) is 60.7 cm³/mol. The third kappa shape index (κ3) is 1.97. The smallest absolute Gasteiger partial charge is 0.333 e. The molecule has 0 bridgehead atoms. The summed E-state index contributed by atoms with van der Waals surface area (Å²) in [5.74, 6) is -0.266. The van der Waals surface area contributed by atoms with Gasteiger partial charge in [0.25, 0.3) is 0 Å². The van der Waals surface area contributed by atoms with Gasteiger partial charge in [-0.05, 0) is 18.9 Å². The van der Waals surface area contributed by atoms with Crippen LogP contribution >= 0.6 is 0 Å². The van der Waals surface area contributed by atoms with Gasteiger partial charge in [0, 0.05) is 6.20 Å². The molecule has 0 radical (unpaired) electrons. The van der Waals surface area contributed by atoms with Crippen LogP contribution in [0, 0.1) is 0 Å². The first-order chi connectivity index (χ1) is 8.23. The Morgan fingerprint density at radius 1 is 1.47 bits per heavy atom. The summed E-state index contributed by atoms with van der Waals surface area (Å²) in [6.45, 7) is 0. The first-order valence-electron chi connectivity index (χ1n) is 5.83. The molecule has 1 fully saturated rings. The van der Waals surface area contributed by atoms with E-state index < -0.39 is 5.54 Å². The van der Waals surface area contributed by atoms with Gasteiger partial charge in [-0.2, -0.15) is 5.10 Å². The van der Waals surface area contributed by atoms with Gasteiger partial charge >= 0.3 is 5.97 Å². The minimum absolute atomic E-state index is 0.266. The van der Waals surface area contributed by atoms with Crippen LogP contribution in [0.3, 0.4) is 0 Å². The van der Waals surface area contributed by atoms with Gasteiger partial charge in [0.2, 0.25) is 0 Å². The molecular formula is C12H16N2O3. The quantitative estimate of drug-likeness (QED) is 0.589. The molecule has 0 aromatic carbocycles. The monoisotopic (exact) mass is 236 g/mol. The minimum atomic E-state index is -0.714. The molecule has 0 atom stereocenters. The first kappa shape index (κ1) is 11.8. The molecule has 0 unspecified atom stereocenters. The lowest BCUT2D eigenvalue weighted by molar-refractivity contribution is -0.154. The van der Waals surface area contributed by atoms with Gasteiger partial charge in [-0.3, -0.25) is 9.48 Å². The Morgan fingerprint density at radius 2 is 2.18 bits per heavy atom. The molecule has 1 saturated carbocycles. The molecule has 0 amide bonds. The number of hydrogen-bond donors (Lipinski definition) is 0. The molecule has 2 rings (SSSR count). The fourth-order valence-electron chi connectivity index (χ4n) is 2.49. The predicted octanol–water partition coefficient (Wildman–Crippen LogP) is 1.53. The van der Waals surface area contributed by atoms with Gasteiger partial charge in [-0.15, -0.1) is 0 Å². The molecule has 5 heteroatoms. The van der Waals surface area contributed by atoms with Crippen molar-refractivity contribution >= 4 is 12.3 Å². The van der Waals surface area contributed by atoms with Crippen LogP contribution in [0.1, 0.15) is 42.6 Å². The van der Waals surface area contributed by atoms with E-state index in [4.69, 9.17) is 4.74 Å². The van der Waals surface area contributed by atoms with Crippen LogP contribution in [0.25, 0.3) is 0 Å². The second kappa shape index (κ2) is 4.69. The van der Waals surface area contributed by atoms with Crippen LogP contribution in [0.15, 0.2) is 12.3 Å². The number of esters is 1. The lowest BCUT2D eigenvalue weighted by Gasteiger charge is -2.34. The largest absolute Gasteiger partial charge is 0.467 e. The molecule has 1 heterocycles. The van der Waals surface area contributed by atoms with E-state index in [1.165, 1.54) is 7.11 Å². The van der Waals surface area contributed by atoms with Crippen molar-refractivity contribution in [2.45, 2.75) is 37.6 Å². The van der Waals surface area contributed by atoms with Crippen molar-refractivity contribution in [3.63, 3.8) is 0 Å². The summed E-state index contributed by atoms with van der Waals surface area (Å²) in [6.07, 6.45) is 6.90. The van der Waals surface area contributed by atoms with E-state index in [1.807, 2.05) is 0 Å². The summed E-state index contributed by atoms with van der Waals surface area (Å²) in [6, 6.07) is 1.62. The van der Waals surface area contributed by atoms with E-state index >= 15 is 0 Å². The zero-order chi connectivity index (χ0) is 12.3. The Balaban J connectivity index is 2.38. The standard InChI is InChI=1S/C12H16N2O3/c1-17-11(16)12(6-3-2-4-7-12)14-8-5-10(9-15)13-14/h5,8-9H,2-4,6-7H2,1H3. The SMILES string of the molecule is COC(=O)C1(n2ccc(C=O)n2)CCCCC1. The number of aromatic nitrogens is 2. The summed E-state index contributed by atoms with van der Waals surface area (Å²) >= 11 is 0. The van der Waals surface area contributed by atoms with Crippen molar-refractivity contribution in [1.82, 2.24) is 9.78 Å². The van der Waals surface area contributed by atoms with Crippen molar-refractivity contribution in [3.8, 4) is 0 Å². The van der Waals surface area contributed by atoms with Crippen molar-refractivity contribution < 1.29 is 14.3 Å². The van der Waals surface area contributed by atoms with E-state index in [9.17, 15) is 9.59 Å². The number of nitrogens with zero attached hydrogens (tertiary/aromatic N) is 2. The van der Waals surface area contributed by atoms with Gasteiger partial charge in [0.15, 0.2) is 11.8 Å². The molecule has 1 aliphatic carbocycles. The fourth-order valence-corrected chi connectivity index (χ4v) is 2.49. The number of aldehydes is 1. The van der Waals surface area contributed by atoms with Crippen LogP contribution in [-0.2, 0) is 15.1 Å². The topological polar surface area (TPSA) is 61.2 Å². The lowest BCUT2D eigenvalue weighted by Crippen LogP contribution is -2.44. The van der Waals surface area contributed by atoms with Crippen molar-refractivity contribution in [2.75, 3.05) is 7.11 Å². The Morgan fingerprint density at radius 3 is 2.71 bits per heavy atom. The number of methoxy groups -OCH3 is 1. The highest BCUT2D eigenvalue weighted by Gasteiger charge is 2.43. The van der Waals surface area contributed by atoms with Gasteiger partial charge in [0.05, 0.1) is 7.11 Å². The van der Waals surface area contributed by atoms with Crippen molar-refractivity contribution in [1.29, 1.82) is 0 Å². The molecule has 92 valence electrons. The summed E-state index contributed by atoms with van der Waals surface area (Å²) < 4.78 is 6.50. The highest BCUT2D eigenvalue weighted by Crippen LogP contribution is 2.35. The van der Waals surface area contributed by atoms with Crippen molar-refractivity contribution in [3.05, 3.63) is 18.0 Å². The average molecular weight is 236 g/mol. The Bertz CT molecular complexity index is 419. The molecule has 0 saturated heterocycles. The maximum atomic E-state index is 12.0. The summed E-state index contributed by atoms with van der Waals surface area (Å²) in [4.78, 5) is 22.7. The highest BCUT2D eigenvalue weighted by atomic mass is 16.5. The molecule has 1 aliphatic rings. The maximum absolute atomic E-state index is 12.0. The Labute approximate surface area is 99.8 Å². The molecule has 1 aromatic heterocycles. The van der Waals surface area contributed by atoms with E-state index in [0.717, 1.165) is 32.1 Å². The average Bonchev–Trinajstić information content (AvgIpc) is 2.87. The number of ether oxygens (including phenoxy) is 1. The van der Waals surface area contributed by atoms with E-state index in [1.54, 1.807) is 16.9 Å². The zero-order valence-electron chi connectivity index (χ0n) is 9.89. The van der Waals surface area contributed by atoms with Gasteiger partial charge in [0.1, 0.15) is 5.69 Å². The third-order valence-electron chi connectivity index (χ3n) is 3.42. The van der Waals surface area contributed by atoms with Gasteiger partial charge in [-0.25, -0.2) is 4.79 Å². The number of hydrogen-bond acceptors (Lipinski definition) is 4. The van der Waals surface area contributed by atoms with E-state index in [-0.39, 0.29) is 5.97 Å². The highest BCUT2D eigenvalue weighted by molar-refractivity contribution is 5.79. The van der Waals surface area contributed by atoms with Crippen LogP contribution < -0.4 is 0 Å². The van der Waals surface area contributed by atoms with E-state index in [0.29, 0.717) is 12.0 Å². The van der Waals surface area contributed by atoms with Crippen LogP contribution in [0.5, 0.6) is 0 Å². The van der Waals surface area contributed by atoms with Crippen LogP contribution in [0.4, 0.5) is 0 Å². The Kier molecular flexibility index (Phi) is 3.26. The second-order valence-electron chi connectivity index (χ2n) is 4.39. The Hall–Kier alpha value is -1.65. The van der Waals surface area contributed by atoms with Gasteiger partial charge < -0.3 is 4.74 Å². The molecule has 0 N–H and O–H groups in total. The molecule has 0 aliphatic heterocycles. The van der Waals surface area contributed by atoms with Crippen LogP contribution in [0.2, 0.25) is 0 Å². The molecule has 0 spiro atoms. The van der Waals surface area contributed by atoms with E-state index in [2.05, 4.69) is 5.10 Å². The first-order valence-corrected chi connectivity index (χ1v) is 5.83. The molecule has 1 aromatic rings. The van der Waals surface area contributed by atoms with Crippen LogP contribution in [-0.4, -0.2) is 29.1 Å². The number of carbonyl (C=O) groups excluding carboxylic acids is 2. The molecule has 5 nitrogen and oxygen atoms in total.